The molecule has 6 nitrogen and oxygen atoms in total. The van der Waals surface area contributed by atoms with Gasteiger partial charge in [0.05, 0.1) is 15.5 Å². The Kier molecular flexibility index (Phi) is 5.27. The summed E-state index contributed by atoms with van der Waals surface area (Å²) in [6.45, 7) is 3.95. The minimum Gasteiger partial charge on any atom is -0.457 e. The third kappa shape index (κ3) is 3.79. The van der Waals surface area contributed by atoms with Crippen molar-refractivity contribution in [3.8, 4) is 11.3 Å². The average Bonchev–Trinajstić information content (AvgIpc) is 3.28. The Bertz CT molecular complexity index is 1210. The highest BCUT2D eigenvalue weighted by Gasteiger charge is 2.34. The largest absolute Gasteiger partial charge is 0.457 e. The van der Waals surface area contributed by atoms with Crippen molar-refractivity contribution >= 4 is 51.7 Å². The maximum Gasteiger partial charge on any atom is 0.270 e. The van der Waals surface area contributed by atoms with E-state index in [1.807, 2.05) is 32.0 Å². The topological polar surface area (TPSA) is 76.6 Å². The molecular weight excluding hydrogens is 420 g/mol. The van der Waals surface area contributed by atoms with Crippen LogP contribution in [0.3, 0.4) is 0 Å². The number of furan rings is 1. The fraction of sp³-hybridized carbons (Fsp3) is 0.0909. The fourth-order valence-electron chi connectivity index (χ4n) is 3.19. The molecule has 0 bridgehead atoms. The highest BCUT2D eigenvalue weighted by Crippen LogP contribution is 2.38. The lowest BCUT2D eigenvalue weighted by atomic mass is 10.1. The minimum atomic E-state index is -0.449. The van der Waals surface area contributed by atoms with Crippen molar-refractivity contribution in [2.24, 2.45) is 0 Å². The van der Waals surface area contributed by atoms with Gasteiger partial charge in [0.1, 0.15) is 11.5 Å². The van der Waals surface area contributed by atoms with Crippen LogP contribution in [0.4, 0.5) is 11.4 Å². The summed E-state index contributed by atoms with van der Waals surface area (Å²) < 4.78 is 6.29. The van der Waals surface area contributed by atoms with E-state index in [2.05, 4.69) is 0 Å². The Morgan fingerprint density at radius 3 is 2.50 bits per heavy atom. The number of aryl methyl sites for hydroxylation is 2. The van der Waals surface area contributed by atoms with E-state index < -0.39 is 4.92 Å². The number of carbonyl (C=O) groups excluding carboxylic acids is 1. The Labute approximate surface area is 182 Å². The van der Waals surface area contributed by atoms with Gasteiger partial charge in [-0.25, -0.2) is 0 Å². The van der Waals surface area contributed by atoms with Crippen molar-refractivity contribution in [1.29, 1.82) is 0 Å². The zero-order valence-electron chi connectivity index (χ0n) is 16.1. The second kappa shape index (κ2) is 7.89. The molecule has 1 amide bonds. The normalized spacial score (nSPS) is 15.3. The number of rotatable bonds is 4. The van der Waals surface area contributed by atoms with E-state index in [0.29, 0.717) is 26.3 Å². The van der Waals surface area contributed by atoms with Gasteiger partial charge in [-0.05, 0) is 49.7 Å². The van der Waals surface area contributed by atoms with E-state index in [-0.39, 0.29) is 11.6 Å². The highest BCUT2D eigenvalue weighted by molar-refractivity contribution is 8.27. The van der Waals surface area contributed by atoms with Gasteiger partial charge in [-0.1, -0.05) is 41.7 Å². The molecule has 0 saturated carbocycles. The summed E-state index contributed by atoms with van der Waals surface area (Å²) in [6, 6.07) is 15.5. The molecule has 1 saturated heterocycles. The van der Waals surface area contributed by atoms with Gasteiger partial charge in [0.2, 0.25) is 0 Å². The van der Waals surface area contributed by atoms with Crippen molar-refractivity contribution in [3.05, 3.63) is 86.5 Å². The van der Waals surface area contributed by atoms with Crippen LogP contribution in [0.1, 0.15) is 16.9 Å². The summed E-state index contributed by atoms with van der Waals surface area (Å²) in [5.74, 6) is 0.871. The Balaban J connectivity index is 1.59. The number of benzene rings is 2. The molecule has 8 heteroatoms. The van der Waals surface area contributed by atoms with Crippen LogP contribution in [-0.4, -0.2) is 15.2 Å². The van der Waals surface area contributed by atoms with E-state index in [1.165, 1.54) is 23.9 Å². The summed E-state index contributed by atoms with van der Waals surface area (Å²) in [4.78, 5) is 25.3. The zero-order chi connectivity index (χ0) is 21.4. The monoisotopic (exact) mass is 436 g/mol. The molecule has 3 aromatic rings. The molecule has 2 aromatic carbocycles. The number of nitro groups is 1. The number of amides is 1. The van der Waals surface area contributed by atoms with Crippen molar-refractivity contribution in [2.75, 3.05) is 4.90 Å². The van der Waals surface area contributed by atoms with Crippen LogP contribution in [-0.2, 0) is 4.79 Å². The Morgan fingerprint density at radius 2 is 1.83 bits per heavy atom. The second-order valence-electron chi connectivity index (χ2n) is 6.81. The molecule has 0 radical (unpaired) electrons. The van der Waals surface area contributed by atoms with Crippen molar-refractivity contribution in [2.45, 2.75) is 13.8 Å². The first-order valence-corrected chi connectivity index (χ1v) is 10.3. The molecule has 1 fully saturated rings. The fourth-order valence-corrected chi connectivity index (χ4v) is 4.46. The van der Waals surface area contributed by atoms with E-state index in [9.17, 15) is 14.9 Å². The maximum atomic E-state index is 13.0. The number of non-ortho nitro benzene ring substituents is 1. The Morgan fingerprint density at radius 1 is 1.10 bits per heavy atom. The predicted octanol–water partition coefficient (Wildman–Crippen LogP) is 5.88. The van der Waals surface area contributed by atoms with E-state index in [0.717, 1.165) is 16.8 Å². The molecular formula is C22H16N2O4S2. The molecule has 1 aliphatic rings. The number of nitrogens with zero attached hydrogens (tertiary/aromatic N) is 2. The Hall–Kier alpha value is -3.23. The first kappa shape index (κ1) is 20.1. The first-order chi connectivity index (χ1) is 14.3. The minimum absolute atomic E-state index is 0.0144. The smallest absolute Gasteiger partial charge is 0.270 e. The number of hydrogen-bond acceptors (Lipinski definition) is 6. The quantitative estimate of drug-likeness (QED) is 0.220. The molecule has 1 aliphatic heterocycles. The molecule has 30 heavy (non-hydrogen) atoms. The lowest BCUT2D eigenvalue weighted by Crippen LogP contribution is -2.28. The van der Waals surface area contributed by atoms with Crippen molar-refractivity contribution in [3.63, 3.8) is 0 Å². The van der Waals surface area contributed by atoms with Gasteiger partial charge in [0.25, 0.3) is 11.6 Å². The van der Waals surface area contributed by atoms with Gasteiger partial charge in [-0.2, -0.15) is 0 Å². The van der Waals surface area contributed by atoms with E-state index in [1.54, 1.807) is 35.2 Å². The second-order valence-corrected chi connectivity index (χ2v) is 8.49. The van der Waals surface area contributed by atoms with Crippen LogP contribution >= 0.6 is 24.0 Å². The lowest BCUT2D eigenvalue weighted by molar-refractivity contribution is -0.384. The summed E-state index contributed by atoms with van der Waals surface area (Å²) in [6.07, 6.45) is 1.66. The maximum absolute atomic E-state index is 13.0. The number of anilines is 1. The van der Waals surface area contributed by atoms with Crippen LogP contribution in [0.15, 0.2) is 63.9 Å². The van der Waals surface area contributed by atoms with Gasteiger partial charge >= 0.3 is 0 Å². The molecule has 0 atom stereocenters. The third-order valence-electron chi connectivity index (χ3n) is 4.65. The SMILES string of the molecule is Cc1ccc(N2C(=O)/C(=C/c3ccc(-c4ccc([N+](=O)[O-])cc4)o3)SC2=S)c(C)c1. The first-order valence-electron chi connectivity index (χ1n) is 9.03. The molecule has 0 aliphatic carbocycles. The number of thiocarbonyl (C=S) groups is 1. The van der Waals surface area contributed by atoms with Crippen LogP contribution < -0.4 is 4.90 Å². The average molecular weight is 437 g/mol. The summed E-state index contributed by atoms with van der Waals surface area (Å²) in [5, 5.41) is 10.8. The lowest BCUT2D eigenvalue weighted by Gasteiger charge is -2.17. The molecule has 4 rings (SSSR count). The number of nitro benzene ring substituents is 1. The predicted molar refractivity (Wildman–Crippen MR) is 122 cm³/mol. The van der Waals surface area contributed by atoms with Crippen LogP contribution in [0.25, 0.3) is 17.4 Å². The van der Waals surface area contributed by atoms with Crippen molar-refractivity contribution < 1.29 is 14.1 Å². The molecule has 0 spiro atoms. The zero-order valence-corrected chi connectivity index (χ0v) is 17.8. The standard InChI is InChI=1S/C22H16N2O4S2/c1-13-3-9-18(14(2)11-13)23-21(25)20(30-22(23)29)12-17-8-10-19(28-17)15-4-6-16(7-5-15)24(26)27/h3-12H,1-2H3/b20-12-. The number of hydrogen-bond donors (Lipinski definition) is 0. The summed E-state index contributed by atoms with van der Waals surface area (Å²) in [7, 11) is 0. The van der Waals surface area contributed by atoms with E-state index >= 15 is 0 Å². The van der Waals surface area contributed by atoms with Gasteiger partial charge in [-0.15, -0.1) is 0 Å². The van der Waals surface area contributed by atoms with Crippen molar-refractivity contribution in [1.82, 2.24) is 0 Å². The molecule has 2 heterocycles. The number of thioether (sulfide) groups is 1. The van der Waals surface area contributed by atoms with E-state index in [4.69, 9.17) is 16.6 Å². The summed E-state index contributed by atoms with van der Waals surface area (Å²) >= 11 is 6.67. The number of carbonyl (C=O) groups is 1. The summed E-state index contributed by atoms with van der Waals surface area (Å²) in [5.41, 5.74) is 3.60. The van der Waals surface area contributed by atoms with Crippen LogP contribution in [0, 0.1) is 24.0 Å². The van der Waals surface area contributed by atoms with Gasteiger partial charge in [-0.3, -0.25) is 19.8 Å². The molecule has 0 unspecified atom stereocenters. The van der Waals surface area contributed by atoms with Gasteiger partial charge < -0.3 is 4.42 Å². The molecule has 150 valence electrons. The van der Waals surface area contributed by atoms with Crippen LogP contribution in [0.2, 0.25) is 0 Å². The molecule has 1 aromatic heterocycles. The third-order valence-corrected chi connectivity index (χ3v) is 5.95. The van der Waals surface area contributed by atoms with Gasteiger partial charge in [0, 0.05) is 23.8 Å². The highest BCUT2D eigenvalue weighted by atomic mass is 32.2. The van der Waals surface area contributed by atoms with Crippen LogP contribution in [0.5, 0.6) is 0 Å². The molecule has 0 N–H and O–H groups in total. The van der Waals surface area contributed by atoms with Gasteiger partial charge in [0.15, 0.2) is 4.32 Å².